The molecule has 0 aromatic heterocycles. The van der Waals surface area contributed by atoms with Crippen molar-refractivity contribution in [2.75, 3.05) is 5.32 Å². The molecule has 100 valence electrons. The average molecular weight is 266 g/mol. The molecule has 0 radical (unpaired) electrons. The molecular formula is C16H14N2O2. The molecule has 0 aliphatic rings. The molecule has 3 N–H and O–H groups in total. The standard InChI is InChI=1S/C16H14N2O2/c17-16(20)18-15-9-7-13(8-10-15)2-1-12-3-5-14(11-19)6-4-12/h1-11H,(H3,17,18,20)/b2-1+. The number of primary amides is 1. The zero-order chi connectivity index (χ0) is 14.4. The lowest BCUT2D eigenvalue weighted by Gasteiger charge is -2.01. The fourth-order valence-corrected chi connectivity index (χ4v) is 1.70. The first-order valence-electron chi connectivity index (χ1n) is 6.07. The summed E-state index contributed by atoms with van der Waals surface area (Å²) in [6.45, 7) is 0. The third-order valence-electron chi connectivity index (χ3n) is 2.72. The minimum Gasteiger partial charge on any atom is -0.351 e. The molecule has 4 heteroatoms. The van der Waals surface area contributed by atoms with Gasteiger partial charge in [0.25, 0.3) is 0 Å². The maximum absolute atomic E-state index is 10.7. The minimum atomic E-state index is -0.580. The number of urea groups is 1. The molecule has 0 saturated heterocycles. The fraction of sp³-hybridized carbons (Fsp3) is 0. The molecule has 20 heavy (non-hydrogen) atoms. The number of aldehydes is 1. The first-order chi connectivity index (χ1) is 9.67. The summed E-state index contributed by atoms with van der Waals surface area (Å²) in [5.74, 6) is 0. The highest BCUT2D eigenvalue weighted by Crippen LogP contribution is 2.13. The van der Waals surface area contributed by atoms with Crippen molar-refractivity contribution in [1.29, 1.82) is 0 Å². The topological polar surface area (TPSA) is 72.2 Å². The molecular weight excluding hydrogens is 252 g/mol. The summed E-state index contributed by atoms with van der Waals surface area (Å²) in [7, 11) is 0. The van der Waals surface area contributed by atoms with Crippen LogP contribution < -0.4 is 11.1 Å². The number of carbonyl (C=O) groups is 2. The molecule has 0 aliphatic carbocycles. The van der Waals surface area contributed by atoms with E-state index in [0.717, 1.165) is 17.4 Å². The predicted molar refractivity (Wildman–Crippen MR) is 80.4 cm³/mol. The fourth-order valence-electron chi connectivity index (χ4n) is 1.70. The van der Waals surface area contributed by atoms with Gasteiger partial charge in [-0.05, 0) is 23.3 Å². The Bertz CT molecular complexity index is 629. The number of amides is 2. The van der Waals surface area contributed by atoms with Crippen LogP contribution in [0.25, 0.3) is 12.2 Å². The van der Waals surface area contributed by atoms with E-state index in [1.165, 1.54) is 0 Å². The Hall–Kier alpha value is -2.88. The number of benzene rings is 2. The molecule has 0 fully saturated rings. The Morgan fingerprint density at radius 2 is 1.30 bits per heavy atom. The Morgan fingerprint density at radius 1 is 0.850 bits per heavy atom. The minimum absolute atomic E-state index is 0.580. The number of hydrogen-bond donors (Lipinski definition) is 2. The Morgan fingerprint density at radius 3 is 1.75 bits per heavy atom. The number of hydrogen-bond acceptors (Lipinski definition) is 2. The quantitative estimate of drug-likeness (QED) is 0.659. The monoisotopic (exact) mass is 266 g/mol. The summed E-state index contributed by atoms with van der Waals surface area (Å²) < 4.78 is 0. The highest BCUT2D eigenvalue weighted by molar-refractivity contribution is 5.88. The van der Waals surface area contributed by atoms with Crippen LogP contribution in [0.1, 0.15) is 21.5 Å². The number of carbonyl (C=O) groups excluding carboxylic acids is 2. The third-order valence-corrected chi connectivity index (χ3v) is 2.72. The van der Waals surface area contributed by atoms with Crippen LogP contribution >= 0.6 is 0 Å². The lowest BCUT2D eigenvalue weighted by Crippen LogP contribution is -2.19. The summed E-state index contributed by atoms with van der Waals surface area (Å²) in [4.78, 5) is 21.2. The molecule has 0 unspecified atom stereocenters. The van der Waals surface area contributed by atoms with E-state index >= 15 is 0 Å². The zero-order valence-corrected chi connectivity index (χ0v) is 10.7. The molecule has 2 amide bonds. The van der Waals surface area contributed by atoms with Crippen LogP contribution in [0.4, 0.5) is 10.5 Å². The van der Waals surface area contributed by atoms with Gasteiger partial charge >= 0.3 is 6.03 Å². The highest BCUT2D eigenvalue weighted by atomic mass is 16.2. The molecule has 0 atom stereocenters. The van der Waals surface area contributed by atoms with Gasteiger partial charge in [-0.1, -0.05) is 48.6 Å². The zero-order valence-electron chi connectivity index (χ0n) is 10.7. The molecule has 2 aromatic carbocycles. The van der Waals surface area contributed by atoms with Crippen molar-refractivity contribution >= 4 is 30.2 Å². The van der Waals surface area contributed by atoms with Crippen LogP contribution in [0.2, 0.25) is 0 Å². The smallest absolute Gasteiger partial charge is 0.316 e. The second-order valence-electron chi connectivity index (χ2n) is 4.23. The van der Waals surface area contributed by atoms with Gasteiger partial charge < -0.3 is 11.1 Å². The van der Waals surface area contributed by atoms with E-state index in [1.54, 1.807) is 24.3 Å². The van der Waals surface area contributed by atoms with Crippen LogP contribution in [0.3, 0.4) is 0 Å². The molecule has 0 aliphatic heterocycles. The van der Waals surface area contributed by atoms with E-state index in [0.29, 0.717) is 11.3 Å². The largest absolute Gasteiger partial charge is 0.351 e. The number of nitrogens with one attached hydrogen (secondary N) is 1. The van der Waals surface area contributed by atoms with Crippen molar-refractivity contribution in [2.24, 2.45) is 5.73 Å². The van der Waals surface area contributed by atoms with E-state index in [9.17, 15) is 9.59 Å². The first-order valence-corrected chi connectivity index (χ1v) is 6.07. The van der Waals surface area contributed by atoms with Gasteiger partial charge in [0.2, 0.25) is 0 Å². The van der Waals surface area contributed by atoms with Gasteiger partial charge in [-0.25, -0.2) is 4.79 Å². The number of nitrogens with two attached hydrogens (primary N) is 1. The molecule has 0 bridgehead atoms. The summed E-state index contributed by atoms with van der Waals surface area (Å²) in [5.41, 5.74) is 8.35. The lowest BCUT2D eigenvalue weighted by molar-refractivity contribution is 0.112. The van der Waals surface area contributed by atoms with Gasteiger partial charge in [0.15, 0.2) is 0 Å². The normalized spacial score (nSPS) is 10.4. The molecule has 4 nitrogen and oxygen atoms in total. The number of rotatable bonds is 4. The van der Waals surface area contributed by atoms with Gasteiger partial charge in [0.05, 0.1) is 0 Å². The second kappa shape index (κ2) is 6.33. The molecule has 0 spiro atoms. The summed E-state index contributed by atoms with van der Waals surface area (Å²) in [6.07, 6.45) is 4.72. The van der Waals surface area contributed by atoms with Gasteiger partial charge in [-0.2, -0.15) is 0 Å². The van der Waals surface area contributed by atoms with E-state index in [4.69, 9.17) is 5.73 Å². The van der Waals surface area contributed by atoms with Crippen LogP contribution in [0.15, 0.2) is 48.5 Å². The SMILES string of the molecule is NC(=O)Nc1ccc(/C=C/c2ccc(C=O)cc2)cc1. The summed E-state index contributed by atoms with van der Waals surface area (Å²) >= 11 is 0. The van der Waals surface area contributed by atoms with Gasteiger partial charge in [-0.15, -0.1) is 0 Å². The maximum Gasteiger partial charge on any atom is 0.316 e. The van der Waals surface area contributed by atoms with Crippen molar-refractivity contribution < 1.29 is 9.59 Å². The van der Waals surface area contributed by atoms with Gasteiger partial charge in [0.1, 0.15) is 6.29 Å². The molecule has 2 rings (SSSR count). The second-order valence-corrected chi connectivity index (χ2v) is 4.23. The van der Waals surface area contributed by atoms with Crippen LogP contribution in [-0.2, 0) is 0 Å². The predicted octanol–water partition coefficient (Wildman–Crippen LogP) is 3.16. The highest BCUT2D eigenvalue weighted by Gasteiger charge is 1.95. The van der Waals surface area contributed by atoms with Gasteiger partial charge in [0, 0.05) is 11.3 Å². The Kier molecular flexibility index (Phi) is 4.29. The van der Waals surface area contributed by atoms with Crippen LogP contribution in [0.5, 0.6) is 0 Å². The lowest BCUT2D eigenvalue weighted by atomic mass is 10.1. The van der Waals surface area contributed by atoms with Crippen molar-refractivity contribution in [3.8, 4) is 0 Å². The van der Waals surface area contributed by atoms with Gasteiger partial charge in [-0.3, -0.25) is 4.79 Å². The van der Waals surface area contributed by atoms with E-state index < -0.39 is 6.03 Å². The van der Waals surface area contributed by atoms with Crippen LogP contribution in [0, 0.1) is 0 Å². The van der Waals surface area contributed by atoms with E-state index in [2.05, 4.69) is 5.32 Å². The third kappa shape index (κ3) is 3.81. The number of anilines is 1. The molecule has 0 heterocycles. The van der Waals surface area contributed by atoms with Crippen molar-refractivity contribution in [3.05, 3.63) is 65.2 Å². The van der Waals surface area contributed by atoms with Crippen molar-refractivity contribution in [1.82, 2.24) is 0 Å². The maximum atomic E-state index is 10.7. The summed E-state index contributed by atoms with van der Waals surface area (Å²) in [5, 5.41) is 2.50. The summed E-state index contributed by atoms with van der Waals surface area (Å²) in [6, 6.07) is 14.0. The first kappa shape index (κ1) is 13.5. The van der Waals surface area contributed by atoms with E-state index in [-0.39, 0.29) is 0 Å². The van der Waals surface area contributed by atoms with Crippen molar-refractivity contribution in [3.63, 3.8) is 0 Å². The Labute approximate surface area is 116 Å². The molecule has 2 aromatic rings. The average Bonchev–Trinajstić information content (AvgIpc) is 2.46. The van der Waals surface area contributed by atoms with Crippen LogP contribution in [-0.4, -0.2) is 12.3 Å². The van der Waals surface area contributed by atoms with E-state index in [1.807, 2.05) is 36.4 Å². The van der Waals surface area contributed by atoms with Crippen molar-refractivity contribution in [2.45, 2.75) is 0 Å². The molecule has 0 saturated carbocycles. The Balaban J connectivity index is 2.06.